The maximum Gasteiger partial charge on any atom is 0.323 e. The molecule has 0 bridgehead atoms. The summed E-state index contributed by atoms with van der Waals surface area (Å²) in [6, 6.07) is 0. The summed E-state index contributed by atoms with van der Waals surface area (Å²) in [7, 11) is 3.49. The highest BCUT2D eigenvalue weighted by atomic mass is 16.4. The lowest BCUT2D eigenvalue weighted by atomic mass is 10.1. The Bertz CT molecular complexity index is 120. The standard InChI is InChI=1S/C6H13NO2.2C2H6/c1-6(2,5(8)9)7(3)4;2*1-2/h1-4H3,(H,8,9);2*1-2H3. The van der Waals surface area contributed by atoms with Gasteiger partial charge in [0.15, 0.2) is 0 Å². The third-order valence-electron chi connectivity index (χ3n) is 1.64. The molecular weight excluding hydrogens is 166 g/mol. The van der Waals surface area contributed by atoms with Crippen molar-refractivity contribution < 1.29 is 9.90 Å². The first-order valence-corrected chi connectivity index (χ1v) is 4.80. The Labute approximate surface area is 82.8 Å². The van der Waals surface area contributed by atoms with E-state index in [0.29, 0.717) is 0 Å². The number of carbonyl (C=O) groups is 1. The number of carboxylic acid groups (broad SMARTS) is 1. The lowest BCUT2D eigenvalue weighted by Crippen LogP contribution is -2.45. The fourth-order valence-corrected chi connectivity index (χ4v) is 0.191. The maximum atomic E-state index is 10.4. The van der Waals surface area contributed by atoms with Gasteiger partial charge in [0, 0.05) is 0 Å². The summed E-state index contributed by atoms with van der Waals surface area (Å²) < 4.78 is 0. The number of aliphatic carboxylic acids is 1. The first-order valence-electron chi connectivity index (χ1n) is 4.80. The van der Waals surface area contributed by atoms with Crippen molar-refractivity contribution >= 4 is 5.97 Å². The van der Waals surface area contributed by atoms with Crippen molar-refractivity contribution in [1.82, 2.24) is 4.90 Å². The largest absolute Gasteiger partial charge is 0.480 e. The molecule has 1 N–H and O–H groups in total. The molecule has 0 atom stereocenters. The Balaban J connectivity index is -0.000000218. The topological polar surface area (TPSA) is 40.5 Å². The van der Waals surface area contributed by atoms with Crippen LogP contribution in [0.15, 0.2) is 0 Å². The third-order valence-corrected chi connectivity index (χ3v) is 1.64. The molecule has 0 aromatic carbocycles. The number of hydrogen-bond donors (Lipinski definition) is 1. The molecule has 0 aromatic rings. The first-order chi connectivity index (χ1) is 5.89. The fourth-order valence-electron chi connectivity index (χ4n) is 0.191. The third kappa shape index (κ3) is 7.78. The van der Waals surface area contributed by atoms with E-state index in [-0.39, 0.29) is 0 Å². The molecule has 0 aromatic heterocycles. The normalized spacial score (nSPS) is 9.31. The monoisotopic (exact) mass is 191 g/mol. The SMILES string of the molecule is CC.CC.CN(C)C(C)(C)C(=O)O. The zero-order valence-electron chi connectivity index (χ0n) is 10.3. The minimum Gasteiger partial charge on any atom is -0.480 e. The smallest absolute Gasteiger partial charge is 0.323 e. The van der Waals surface area contributed by atoms with Crippen molar-refractivity contribution in [2.45, 2.75) is 47.1 Å². The van der Waals surface area contributed by atoms with E-state index < -0.39 is 11.5 Å². The van der Waals surface area contributed by atoms with Crippen molar-refractivity contribution in [3.8, 4) is 0 Å². The second-order valence-corrected chi connectivity index (χ2v) is 2.76. The highest BCUT2D eigenvalue weighted by Gasteiger charge is 2.28. The molecule has 0 unspecified atom stereocenters. The van der Waals surface area contributed by atoms with Gasteiger partial charge >= 0.3 is 5.97 Å². The van der Waals surface area contributed by atoms with Gasteiger partial charge in [-0.1, -0.05) is 27.7 Å². The van der Waals surface area contributed by atoms with Crippen molar-refractivity contribution in [2.75, 3.05) is 14.1 Å². The van der Waals surface area contributed by atoms with E-state index in [0.717, 1.165) is 0 Å². The second-order valence-electron chi connectivity index (χ2n) is 2.76. The molecule has 82 valence electrons. The number of carboxylic acids is 1. The van der Waals surface area contributed by atoms with Crippen molar-refractivity contribution in [3.05, 3.63) is 0 Å². The Morgan fingerprint density at radius 1 is 1.08 bits per heavy atom. The summed E-state index contributed by atoms with van der Waals surface area (Å²) in [6.07, 6.45) is 0. The Morgan fingerprint density at radius 2 is 1.31 bits per heavy atom. The molecule has 0 saturated heterocycles. The summed E-state index contributed by atoms with van der Waals surface area (Å²) in [6.45, 7) is 11.3. The predicted molar refractivity (Wildman–Crippen MR) is 58.1 cm³/mol. The van der Waals surface area contributed by atoms with Crippen molar-refractivity contribution in [2.24, 2.45) is 0 Å². The average molecular weight is 191 g/mol. The molecule has 3 heteroatoms. The van der Waals surface area contributed by atoms with E-state index in [1.54, 1.807) is 32.8 Å². The number of hydrogen-bond acceptors (Lipinski definition) is 2. The minimum atomic E-state index is -0.799. The van der Waals surface area contributed by atoms with E-state index in [1.807, 2.05) is 27.7 Å². The fraction of sp³-hybridized carbons (Fsp3) is 0.900. The molecule has 13 heavy (non-hydrogen) atoms. The van der Waals surface area contributed by atoms with Crippen LogP contribution in [0, 0.1) is 0 Å². The minimum absolute atomic E-state index is 0.750. The van der Waals surface area contributed by atoms with Crippen LogP contribution >= 0.6 is 0 Å². The summed E-state index contributed by atoms with van der Waals surface area (Å²) in [4.78, 5) is 12.1. The number of likely N-dealkylation sites (N-methyl/N-ethyl adjacent to an activating group) is 1. The molecule has 0 aliphatic heterocycles. The van der Waals surface area contributed by atoms with Crippen LogP contribution in [0.2, 0.25) is 0 Å². The maximum absolute atomic E-state index is 10.4. The lowest BCUT2D eigenvalue weighted by molar-refractivity contribution is -0.147. The lowest BCUT2D eigenvalue weighted by Gasteiger charge is -2.27. The summed E-state index contributed by atoms with van der Waals surface area (Å²) in [5.41, 5.74) is -0.750. The molecule has 0 aliphatic rings. The highest BCUT2D eigenvalue weighted by molar-refractivity contribution is 5.77. The zero-order valence-corrected chi connectivity index (χ0v) is 10.3. The first kappa shape index (κ1) is 18.3. The second kappa shape index (κ2) is 9.52. The van der Waals surface area contributed by atoms with Gasteiger partial charge in [-0.05, 0) is 27.9 Å². The average Bonchev–Trinajstić information content (AvgIpc) is 2.11. The quantitative estimate of drug-likeness (QED) is 0.729. The zero-order chi connectivity index (χ0) is 11.7. The summed E-state index contributed by atoms with van der Waals surface area (Å²) in [5, 5.41) is 8.57. The van der Waals surface area contributed by atoms with Crippen LogP contribution in [0.5, 0.6) is 0 Å². The van der Waals surface area contributed by atoms with Gasteiger partial charge < -0.3 is 5.11 Å². The Kier molecular flexibility index (Phi) is 13.4. The van der Waals surface area contributed by atoms with Gasteiger partial charge in [0.05, 0.1) is 0 Å². The summed E-state index contributed by atoms with van der Waals surface area (Å²) >= 11 is 0. The predicted octanol–water partition coefficient (Wildman–Crippen LogP) is 2.46. The van der Waals surface area contributed by atoms with E-state index in [2.05, 4.69) is 0 Å². The van der Waals surface area contributed by atoms with E-state index in [4.69, 9.17) is 5.11 Å². The van der Waals surface area contributed by atoms with Gasteiger partial charge in [-0.15, -0.1) is 0 Å². The van der Waals surface area contributed by atoms with E-state index in [1.165, 1.54) is 0 Å². The molecule has 0 saturated carbocycles. The van der Waals surface area contributed by atoms with Crippen LogP contribution in [-0.2, 0) is 4.79 Å². The molecule has 0 aliphatic carbocycles. The van der Waals surface area contributed by atoms with Gasteiger partial charge in [0.1, 0.15) is 5.54 Å². The van der Waals surface area contributed by atoms with Gasteiger partial charge in [-0.25, -0.2) is 0 Å². The van der Waals surface area contributed by atoms with E-state index in [9.17, 15) is 4.79 Å². The molecule has 0 amide bonds. The molecule has 0 rings (SSSR count). The van der Waals surface area contributed by atoms with Gasteiger partial charge in [-0.2, -0.15) is 0 Å². The van der Waals surface area contributed by atoms with E-state index >= 15 is 0 Å². The molecule has 0 spiro atoms. The van der Waals surface area contributed by atoms with Crippen molar-refractivity contribution in [3.63, 3.8) is 0 Å². The molecule has 3 nitrogen and oxygen atoms in total. The summed E-state index contributed by atoms with van der Waals surface area (Å²) in [5.74, 6) is -0.799. The highest BCUT2D eigenvalue weighted by Crippen LogP contribution is 2.08. The van der Waals surface area contributed by atoms with Gasteiger partial charge in [0.2, 0.25) is 0 Å². The number of rotatable bonds is 2. The molecule has 0 heterocycles. The Morgan fingerprint density at radius 3 is 1.31 bits per heavy atom. The molecule has 0 fully saturated rings. The number of nitrogens with zero attached hydrogens (tertiary/aromatic N) is 1. The van der Waals surface area contributed by atoms with Crippen LogP contribution in [0.3, 0.4) is 0 Å². The van der Waals surface area contributed by atoms with Gasteiger partial charge in [0.25, 0.3) is 0 Å². The molecule has 0 radical (unpaired) electrons. The van der Waals surface area contributed by atoms with Gasteiger partial charge in [-0.3, -0.25) is 9.69 Å². The van der Waals surface area contributed by atoms with Crippen LogP contribution in [0.4, 0.5) is 0 Å². The van der Waals surface area contributed by atoms with Crippen LogP contribution < -0.4 is 0 Å². The van der Waals surface area contributed by atoms with Crippen LogP contribution in [-0.4, -0.2) is 35.6 Å². The molecular formula is C10H25NO2. The van der Waals surface area contributed by atoms with Crippen LogP contribution in [0.25, 0.3) is 0 Å². The Hall–Kier alpha value is -0.570. The van der Waals surface area contributed by atoms with Crippen molar-refractivity contribution in [1.29, 1.82) is 0 Å². The van der Waals surface area contributed by atoms with Crippen LogP contribution in [0.1, 0.15) is 41.5 Å².